The van der Waals surface area contributed by atoms with Gasteiger partial charge in [0.2, 0.25) is 5.91 Å². The molecular formula is C18H23ClN2O2. The summed E-state index contributed by atoms with van der Waals surface area (Å²) in [6, 6.07) is 7.00. The van der Waals surface area contributed by atoms with Crippen LogP contribution < -0.4 is 0 Å². The van der Waals surface area contributed by atoms with Crippen LogP contribution in [-0.2, 0) is 4.79 Å². The van der Waals surface area contributed by atoms with Crippen LogP contribution in [0.2, 0.25) is 5.02 Å². The van der Waals surface area contributed by atoms with Crippen molar-refractivity contribution >= 4 is 23.4 Å². The summed E-state index contributed by atoms with van der Waals surface area (Å²) in [5.74, 6) is 0.536. The molecule has 0 bridgehead atoms. The zero-order valence-electron chi connectivity index (χ0n) is 13.3. The van der Waals surface area contributed by atoms with Crippen molar-refractivity contribution in [3.8, 4) is 0 Å². The smallest absolute Gasteiger partial charge is 0.253 e. The second kappa shape index (κ2) is 7.35. The molecule has 2 amide bonds. The molecule has 1 saturated carbocycles. The Hall–Kier alpha value is -1.55. The molecule has 1 aliphatic carbocycles. The predicted molar refractivity (Wildman–Crippen MR) is 90.5 cm³/mol. The van der Waals surface area contributed by atoms with Gasteiger partial charge in [0.1, 0.15) is 0 Å². The van der Waals surface area contributed by atoms with Crippen LogP contribution >= 0.6 is 11.6 Å². The number of nitrogens with zero attached hydrogens (tertiary/aromatic N) is 2. The minimum absolute atomic E-state index is 0.0248. The van der Waals surface area contributed by atoms with Gasteiger partial charge in [-0.2, -0.15) is 0 Å². The monoisotopic (exact) mass is 334 g/mol. The minimum Gasteiger partial charge on any atom is -0.341 e. The van der Waals surface area contributed by atoms with Gasteiger partial charge in [-0.15, -0.1) is 0 Å². The average Bonchev–Trinajstić information content (AvgIpc) is 2.99. The van der Waals surface area contributed by atoms with Crippen molar-refractivity contribution in [3.05, 3.63) is 34.9 Å². The number of hydrogen-bond donors (Lipinski definition) is 0. The van der Waals surface area contributed by atoms with Crippen LogP contribution in [0.15, 0.2) is 24.3 Å². The van der Waals surface area contributed by atoms with Crippen LogP contribution in [0, 0.1) is 5.92 Å². The molecule has 23 heavy (non-hydrogen) atoms. The van der Waals surface area contributed by atoms with Crippen LogP contribution in [-0.4, -0.2) is 47.8 Å². The number of halogens is 1. The summed E-state index contributed by atoms with van der Waals surface area (Å²) in [6.07, 6.45) is 5.25. The molecule has 1 saturated heterocycles. The van der Waals surface area contributed by atoms with E-state index in [1.807, 2.05) is 9.80 Å². The topological polar surface area (TPSA) is 40.6 Å². The molecule has 124 valence electrons. The molecule has 0 aromatic heterocycles. The number of amides is 2. The number of benzene rings is 1. The largest absolute Gasteiger partial charge is 0.341 e. The second-order valence-corrected chi connectivity index (χ2v) is 6.90. The summed E-state index contributed by atoms with van der Waals surface area (Å²) in [4.78, 5) is 28.9. The lowest BCUT2D eigenvalue weighted by atomic mass is 10.1. The molecule has 1 aromatic carbocycles. The lowest BCUT2D eigenvalue weighted by Crippen LogP contribution is -2.39. The second-order valence-electron chi connectivity index (χ2n) is 6.46. The molecule has 3 rings (SSSR count). The highest BCUT2D eigenvalue weighted by Gasteiger charge is 2.29. The molecule has 2 aliphatic rings. The average molecular weight is 335 g/mol. The number of hydrogen-bond acceptors (Lipinski definition) is 2. The zero-order chi connectivity index (χ0) is 16.2. The first-order valence-electron chi connectivity index (χ1n) is 8.49. The van der Waals surface area contributed by atoms with E-state index in [9.17, 15) is 9.59 Å². The normalized spacial score (nSPS) is 19.7. The molecule has 4 nitrogen and oxygen atoms in total. The fraction of sp³-hybridized carbons (Fsp3) is 0.556. The standard InChI is InChI=1S/C18H23ClN2O2/c19-16-8-6-15(7-9-16)18(23)21-11-3-10-20(12-13-21)17(22)14-4-1-2-5-14/h6-9,14H,1-5,10-13H2. The van der Waals surface area contributed by atoms with E-state index < -0.39 is 0 Å². The quantitative estimate of drug-likeness (QED) is 0.833. The van der Waals surface area contributed by atoms with Crippen molar-refractivity contribution in [1.82, 2.24) is 9.80 Å². The Labute approximate surface area is 142 Å². The molecule has 0 atom stereocenters. The van der Waals surface area contributed by atoms with Gasteiger partial charge >= 0.3 is 0 Å². The van der Waals surface area contributed by atoms with E-state index in [0.717, 1.165) is 25.8 Å². The van der Waals surface area contributed by atoms with Gasteiger partial charge in [-0.1, -0.05) is 24.4 Å². The third-order valence-electron chi connectivity index (χ3n) is 4.89. The third-order valence-corrected chi connectivity index (χ3v) is 5.14. The summed E-state index contributed by atoms with van der Waals surface area (Å²) in [5, 5.41) is 0.630. The first-order chi connectivity index (χ1) is 11.1. The summed E-state index contributed by atoms with van der Waals surface area (Å²) in [6.45, 7) is 2.73. The van der Waals surface area contributed by atoms with Crippen LogP contribution in [0.5, 0.6) is 0 Å². The highest BCUT2D eigenvalue weighted by atomic mass is 35.5. The molecule has 0 N–H and O–H groups in total. The van der Waals surface area contributed by atoms with Crippen molar-refractivity contribution in [1.29, 1.82) is 0 Å². The van der Waals surface area contributed by atoms with Gasteiger partial charge in [-0.05, 0) is 43.5 Å². The van der Waals surface area contributed by atoms with Gasteiger partial charge in [0.15, 0.2) is 0 Å². The Kier molecular flexibility index (Phi) is 5.21. The summed E-state index contributed by atoms with van der Waals surface area (Å²) < 4.78 is 0. The Bertz CT molecular complexity index is 567. The van der Waals surface area contributed by atoms with Crippen LogP contribution in [0.1, 0.15) is 42.5 Å². The van der Waals surface area contributed by atoms with E-state index in [1.54, 1.807) is 24.3 Å². The van der Waals surface area contributed by atoms with E-state index in [4.69, 9.17) is 11.6 Å². The molecule has 2 fully saturated rings. The van der Waals surface area contributed by atoms with Crippen LogP contribution in [0.25, 0.3) is 0 Å². The van der Waals surface area contributed by atoms with Gasteiger partial charge in [0.05, 0.1) is 0 Å². The third kappa shape index (κ3) is 3.86. The van der Waals surface area contributed by atoms with Crippen LogP contribution in [0.4, 0.5) is 0 Å². The van der Waals surface area contributed by atoms with Gasteiger partial charge in [0.25, 0.3) is 5.91 Å². The Morgan fingerprint density at radius 3 is 2.17 bits per heavy atom. The fourth-order valence-corrected chi connectivity index (χ4v) is 3.67. The van der Waals surface area contributed by atoms with Crippen molar-refractivity contribution in [2.75, 3.05) is 26.2 Å². The van der Waals surface area contributed by atoms with Crippen molar-refractivity contribution in [2.45, 2.75) is 32.1 Å². The Morgan fingerprint density at radius 1 is 0.870 bits per heavy atom. The summed E-state index contributed by atoms with van der Waals surface area (Å²) in [7, 11) is 0. The zero-order valence-corrected chi connectivity index (χ0v) is 14.1. The first kappa shape index (κ1) is 16.3. The van der Waals surface area contributed by atoms with Gasteiger partial charge in [0, 0.05) is 42.7 Å². The van der Waals surface area contributed by atoms with Crippen molar-refractivity contribution < 1.29 is 9.59 Å². The van der Waals surface area contributed by atoms with E-state index in [0.29, 0.717) is 36.1 Å². The summed E-state index contributed by atoms with van der Waals surface area (Å²) >= 11 is 5.88. The van der Waals surface area contributed by atoms with E-state index >= 15 is 0 Å². The van der Waals surface area contributed by atoms with Gasteiger partial charge in [-0.25, -0.2) is 0 Å². The van der Waals surface area contributed by atoms with Crippen molar-refractivity contribution in [2.24, 2.45) is 5.92 Å². The van der Waals surface area contributed by atoms with Crippen molar-refractivity contribution in [3.63, 3.8) is 0 Å². The molecule has 1 aliphatic heterocycles. The van der Waals surface area contributed by atoms with E-state index in [-0.39, 0.29) is 11.8 Å². The number of rotatable bonds is 2. The molecule has 1 heterocycles. The maximum Gasteiger partial charge on any atom is 0.253 e. The lowest BCUT2D eigenvalue weighted by Gasteiger charge is -2.24. The molecule has 0 radical (unpaired) electrons. The fourth-order valence-electron chi connectivity index (χ4n) is 3.55. The Morgan fingerprint density at radius 2 is 1.48 bits per heavy atom. The molecule has 0 spiro atoms. The molecule has 5 heteroatoms. The van der Waals surface area contributed by atoms with E-state index in [1.165, 1.54) is 12.8 Å². The minimum atomic E-state index is 0.0248. The Balaban J connectivity index is 1.60. The van der Waals surface area contributed by atoms with Gasteiger partial charge < -0.3 is 9.80 Å². The molecular weight excluding hydrogens is 312 g/mol. The van der Waals surface area contributed by atoms with Crippen LogP contribution in [0.3, 0.4) is 0 Å². The molecule has 0 unspecified atom stereocenters. The number of carbonyl (C=O) groups is 2. The maximum atomic E-state index is 12.6. The highest BCUT2D eigenvalue weighted by molar-refractivity contribution is 6.30. The lowest BCUT2D eigenvalue weighted by molar-refractivity contribution is -0.135. The predicted octanol–water partition coefficient (Wildman–Crippen LogP) is 3.20. The maximum absolute atomic E-state index is 12.6. The SMILES string of the molecule is O=C(c1ccc(Cl)cc1)N1CCCN(C(=O)C2CCCC2)CC1. The van der Waals surface area contributed by atoms with E-state index in [2.05, 4.69) is 0 Å². The number of carbonyl (C=O) groups excluding carboxylic acids is 2. The molecule has 1 aromatic rings. The van der Waals surface area contributed by atoms with Gasteiger partial charge in [-0.3, -0.25) is 9.59 Å². The first-order valence-corrected chi connectivity index (χ1v) is 8.86. The highest BCUT2D eigenvalue weighted by Crippen LogP contribution is 2.27. The summed E-state index contributed by atoms with van der Waals surface area (Å²) in [5.41, 5.74) is 0.657.